The van der Waals surface area contributed by atoms with Gasteiger partial charge in [-0.1, -0.05) is 114 Å². The number of nitrogen functional groups attached to an aromatic ring is 4. The van der Waals surface area contributed by atoms with E-state index in [1.165, 1.54) is 49.6 Å². The van der Waals surface area contributed by atoms with Crippen LogP contribution in [0.1, 0.15) is 124 Å². The highest BCUT2D eigenvalue weighted by atomic mass is 35.5. The number of halogens is 1. The molecule has 0 saturated heterocycles. The molecule has 4 aromatic carbocycles. The van der Waals surface area contributed by atoms with E-state index in [-0.39, 0.29) is 110 Å². The minimum Gasteiger partial charge on any atom is -0.476 e. The number of aromatic nitrogens is 12. The number of ether oxygens (including phenoxy) is 4. The van der Waals surface area contributed by atoms with Crippen molar-refractivity contribution in [3.05, 3.63) is 268 Å². The summed E-state index contributed by atoms with van der Waals surface area (Å²) >= 11 is 5.35. The van der Waals surface area contributed by atoms with Crippen molar-refractivity contribution in [2.45, 2.75) is 66.7 Å². The second-order valence-electron chi connectivity index (χ2n) is 22.3. The predicted octanol–water partition coefficient (Wildman–Crippen LogP) is 9.22. The number of rotatable bonds is 25. The molecular weight excluding hydrogens is 1480 g/mol. The van der Waals surface area contributed by atoms with Crippen molar-refractivity contribution in [2.24, 2.45) is 0 Å². The number of aliphatic hydroxyl groups excluding tert-OH is 2. The Bertz CT molecular complexity index is 5160. The molecule has 11 rings (SSSR count). The number of nitrogens with one attached hydrogen (secondary N) is 1. The molecule has 0 bridgehead atoms. The fourth-order valence-corrected chi connectivity index (χ4v) is 8.53. The second kappa shape index (κ2) is 51.2. The van der Waals surface area contributed by atoms with Crippen molar-refractivity contribution in [3.63, 3.8) is 0 Å². The zero-order valence-corrected chi connectivity index (χ0v) is 62.8. The summed E-state index contributed by atoms with van der Waals surface area (Å²) in [5.41, 5.74) is 30.2. The van der Waals surface area contributed by atoms with Crippen molar-refractivity contribution in [2.75, 3.05) is 54.7 Å². The Morgan fingerprint density at radius 2 is 0.781 bits per heavy atom. The maximum Gasteiger partial charge on any atom is 0.356 e. The summed E-state index contributed by atoms with van der Waals surface area (Å²) in [6.07, 6.45) is 17.7. The standard InChI is InChI=1S/C22H21N5O2.C17H16N2O3.C17H14N2O3.C9H8N2O3.C7H9NO.C5H3ClN2O2.C5H7N3/c1-2-3-10-29-21-15-26-19(14-27-21)20(28)12-16-6-4-7-17(11-16)13-25-18-8-5-9-24-22(18)23;2*1-2-3-7-22-17-11-18-15(10-19-17)16(21)9-13-5-4-6-14(8-13)12-20;1-2-3-4-14-8-6-10-7(5-11-8)9(12)13;8-7-3-1-2-6(4-7)5-9;6-4-2-7-3(1-8-4)5(9)10;6-4-2-1-3-8-5(4)7/h4-9,11,14-15,25H,10,12-13H2,1H3,(H2,23,24);4-6,8,10-11,20H,7,9,12H2,1H3;4-6,8,10-12H,7,9H2,1H3;5-6H,4H2,1H3,(H,12,13);1-4,9H,5,8H2;1-2H,(H,9,10);1-3H,6H2,(H2,7,8). The van der Waals surface area contributed by atoms with Gasteiger partial charge in [0.25, 0.3) is 0 Å². The first-order chi connectivity index (χ1) is 55.2. The molecule has 13 N–H and O–H groups in total. The number of Topliss-reactive ketones (excluding diaryl/α,β-unsaturated/α-hetero) is 3. The number of benzene rings is 4. The van der Waals surface area contributed by atoms with Crippen molar-refractivity contribution < 1.29 is 68.1 Å². The van der Waals surface area contributed by atoms with E-state index >= 15 is 0 Å². The van der Waals surface area contributed by atoms with Gasteiger partial charge in [0.2, 0.25) is 23.5 Å². The van der Waals surface area contributed by atoms with Gasteiger partial charge in [-0.05, 0) is 104 Å². The Morgan fingerprint density at radius 1 is 0.412 bits per heavy atom. The third-order valence-corrected chi connectivity index (χ3v) is 14.2. The van der Waals surface area contributed by atoms with Crippen LogP contribution in [0.3, 0.4) is 0 Å². The number of carbonyl (C=O) groups is 6. The van der Waals surface area contributed by atoms with Gasteiger partial charge < -0.3 is 67.6 Å². The summed E-state index contributed by atoms with van der Waals surface area (Å²) < 4.78 is 20.8. The zero-order chi connectivity index (χ0) is 82.7. The molecule has 0 aliphatic carbocycles. The van der Waals surface area contributed by atoms with Gasteiger partial charge in [0.05, 0.1) is 86.6 Å². The number of ketones is 3. The Hall–Kier alpha value is -15.2. The van der Waals surface area contributed by atoms with Crippen LogP contribution in [-0.4, -0.2) is 142 Å². The fourth-order valence-electron chi connectivity index (χ4n) is 8.43. The van der Waals surface area contributed by atoms with Gasteiger partial charge in [-0.15, -0.1) is 23.7 Å². The number of pyridine rings is 2. The van der Waals surface area contributed by atoms with Crippen LogP contribution in [-0.2, 0) is 39.0 Å². The molecule has 0 spiro atoms. The molecule has 31 nitrogen and oxygen atoms in total. The number of carboxylic acid groups (broad SMARTS) is 2. The van der Waals surface area contributed by atoms with Crippen molar-refractivity contribution in [3.8, 4) is 70.9 Å². The van der Waals surface area contributed by atoms with Crippen LogP contribution in [0, 0.1) is 47.4 Å². The number of aliphatic hydroxyl groups is 2. The molecule has 582 valence electrons. The van der Waals surface area contributed by atoms with Crippen LogP contribution in [0.2, 0.25) is 5.15 Å². The number of hydrogen-bond acceptors (Lipinski definition) is 29. The number of nitrogens with two attached hydrogens (primary N) is 4. The predicted molar refractivity (Wildman–Crippen MR) is 425 cm³/mol. The molecule has 11 aromatic rings. The lowest BCUT2D eigenvalue weighted by atomic mass is 10.0. The normalized spacial score (nSPS) is 9.50. The highest BCUT2D eigenvalue weighted by molar-refractivity contribution is 6.29. The van der Waals surface area contributed by atoms with Gasteiger partial charge in [-0.25, -0.2) is 69.4 Å². The number of nitrogens with zero attached hydrogens (tertiary/aromatic N) is 12. The van der Waals surface area contributed by atoms with Crippen molar-refractivity contribution in [1.29, 1.82) is 0 Å². The highest BCUT2D eigenvalue weighted by Crippen LogP contribution is 2.18. The quantitative estimate of drug-likeness (QED) is 0.0111. The Morgan fingerprint density at radius 3 is 1.13 bits per heavy atom. The van der Waals surface area contributed by atoms with Crippen LogP contribution in [0.15, 0.2) is 196 Å². The molecular formula is C82H78ClN17O14. The topological polar surface area (TPSA) is 491 Å². The van der Waals surface area contributed by atoms with Gasteiger partial charge in [0.15, 0.2) is 55.2 Å². The van der Waals surface area contributed by atoms with Crippen LogP contribution >= 0.6 is 11.6 Å². The average Bonchev–Trinajstić information content (AvgIpc) is 0.865. The van der Waals surface area contributed by atoms with E-state index in [2.05, 4.69) is 112 Å². The average molecular weight is 1560 g/mol. The molecule has 0 atom stereocenters. The maximum absolute atomic E-state index is 12.5. The minimum atomic E-state index is -1.11. The lowest BCUT2D eigenvalue weighted by Crippen LogP contribution is -2.08. The lowest BCUT2D eigenvalue weighted by molar-refractivity contribution is 0.0679. The summed E-state index contributed by atoms with van der Waals surface area (Å²) in [7, 11) is 0. The van der Waals surface area contributed by atoms with Crippen LogP contribution < -0.4 is 47.2 Å². The molecule has 0 radical (unpaired) electrons. The summed E-state index contributed by atoms with van der Waals surface area (Å²) in [6.45, 7) is 8.40. The molecule has 7 heterocycles. The number of aromatic carboxylic acids is 2. The summed E-state index contributed by atoms with van der Waals surface area (Å²) in [5, 5.41) is 38.0. The van der Waals surface area contributed by atoms with E-state index in [1.807, 2.05) is 60.7 Å². The third kappa shape index (κ3) is 34.8. The molecule has 32 heteroatoms. The summed E-state index contributed by atoms with van der Waals surface area (Å²) in [5.74, 6) is 21.2. The molecule has 0 aliphatic rings. The first-order valence-corrected chi connectivity index (χ1v) is 34.1. The molecule has 0 fully saturated rings. The van der Waals surface area contributed by atoms with Crippen LogP contribution in [0.5, 0.6) is 23.5 Å². The Kier molecular flexibility index (Phi) is 40.2. The summed E-state index contributed by atoms with van der Waals surface area (Å²) in [6, 6.07) is 36.3. The number of anilines is 5. The zero-order valence-electron chi connectivity index (χ0n) is 62.0. The highest BCUT2D eigenvalue weighted by Gasteiger charge is 2.15. The number of carboxylic acids is 2. The largest absolute Gasteiger partial charge is 0.476 e. The van der Waals surface area contributed by atoms with Crippen molar-refractivity contribution in [1.82, 2.24) is 59.8 Å². The van der Waals surface area contributed by atoms with Gasteiger partial charge >= 0.3 is 11.9 Å². The van der Waals surface area contributed by atoms with Gasteiger partial charge in [-0.2, -0.15) is 0 Å². The smallest absolute Gasteiger partial charge is 0.356 e. The van der Waals surface area contributed by atoms with Crippen LogP contribution in [0.25, 0.3) is 0 Å². The van der Waals surface area contributed by atoms with Gasteiger partial charge in [0.1, 0.15) is 40.2 Å². The first-order valence-electron chi connectivity index (χ1n) is 33.8. The fraction of sp³-hybridized carbons (Fsp3) is 0.171. The third-order valence-electron chi connectivity index (χ3n) is 14.0. The second-order valence-corrected chi connectivity index (χ2v) is 22.7. The van der Waals surface area contributed by atoms with Gasteiger partial charge in [-0.3, -0.25) is 19.2 Å². The lowest BCUT2D eigenvalue weighted by Gasteiger charge is -2.09. The van der Waals surface area contributed by atoms with E-state index in [1.54, 1.807) is 101 Å². The van der Waals surface area contributed by atoms with Crippen LogP contribution in [0.4, 0.5) is 28.7 Å². The van der Waals surface area contributed by atoms with E-state index in [0.29, 0.717) is 58.5 Å². The number of aldehydes is 1. The minimum absolute atomic E-state index is 0.0471. The molecule has 0 unspecified atom stereocenters. The molecule has 7 aromatic heterocycles. The molecule has 0 saturated carbocycles. The molecule has 0 aliphatic heterocycles. The van der Waals surface area contributed by atoms with Crippen molar-refractivity contribution >= 4 is 75.9 Å². The number of hydrogen-bond donors (Lipinski definition) is 9. The molecule has 0 amide bonds. The summed E-state index contributed by atoms with van der Waals surface area (Å²) in [4.78, 5) is 115. The Balaban J connectivity index is 0.000000248. The van der Waals surface area contributed by atoms with Gasteiger partial charge in [0, 0.05) is 49.5 Å². The van der Waals surface area contributed by atoms with E-state index < -0.39 is 11.9 Å². The van der Waals surface area contributed by atoms with E-state index in [9.17, 15) is 28.8 Å². The first kappa shape index (κ1) is 89.5. The Labute approximate surface area is 661 Å². The SMILES string of the molecule is CC#CCOc1cnc(C(=O)Cc2cccc(C=O)c2)cn1.CC#CCOc1cnc(C(=O)Cc2cccc(CNc3cccnc3N)c2)cn1.CC#CCOc1cnc(C(=O)Cc2cccc(CO)c2)cn1.CC#CCOc1cnc(C(=O)O)cn1.Nc1cccc(CO)c1.Nc1cccnc1N.O=C(O)c1cnc(Cl)cn1. The molecule has 114 heavy (non-hydrogen) atoms. The monoisotopic (exact) mass is 1560 g/mol. The maximum atomic E-state index is 12.5. The number of carbonyl (C=O) groups excluding carboxylic acids is 4. The van der Waals surface area contributed by atoms with E-state index in [0.717, 1.165) is 57.7 Å². The van der Waals surface area contributed by atoms with E-state index in [4.69, 9.17) is 73.9 Å².